The third-order valence-electron chi connectivity index (χ3n) is 2.85. The van der Waals surface area contributed by atoms with Crippen LogP contribution in [0.25, 0.3) is 0 Å². The lowest BCUT2D eigenvalue weighted by Crippen LogP contribution is -2.48. The molecule has 98 valence electrons. The number of carbonyl (C=O) groups is 1. The lowest BCUT2D eigenvalue weighted by atomic mass is 10.1. The van der Waals surface area contributed by atoms with E-state index in [1.807, 2.05) is 0 Å². The predicted molar refractivity (Wildman–Crippen MR) is 68.8 cm³/mol. The molecule has 0 aromatic heterocycles. The SMILES string of the molecule is NCC1CN(C(=O)c2cc(Br)ccc2F)CCO1. The molecule has 1 aromatic rings. The zero-order valence-electron chi connectivity index (χ0n) is 9.73. The average Bonchev–Trinajstić information content (AvgIpc) is 2.41. The minimum absolute atomic E-state index is 0.0713. The van der Waals surface area contributed by atoms with E-state index < -0.39 is 5.82 Å². The molecule has 2 rings (SSSR count). The zero-order valence-corrected chi connectivity index (χ0v) is 11.3. The van der Waals surface area contributed by atoms with Gasteiger partial charge in [-0.2, -0.15) is 0 Å². The third kappa shape index (κ3) is 2.88. The van der Waals surface area contributed by atoms with Crippen LogP contribution in [0.1, 0.15) is 10.4 Å². The molecule has 1 heterocycles. The Morgan fingerprint density at radius 2 is 2.39 bits per heavy atom. The van der Waals surface area contributed by atoms with Crippen LogP contribution in [-0.4, -0.2) is 43.2 Å². The second kappa shape index (κ2) is 5.77. The molecule has 0 bridgehead atoms. The fourth-order valence-corrected chi connectivity index (χ4v) is 2.24. The second-order valence-electron chi connectivity index (χ2n) is 4.10. The number of amides is 1. The Labute approximate surface area is 113 Å². The topological polar surface area (TPSA) is 55.6 Å². The van der Waals surface area contributed by atoms with Gasteiger partial charge in [0.15, 0.2) is 0 Å². The zero-order chi connectivity index (χ0) is 13.1. The summed E-state index contributed by atoms with van der Waals surface area (Å²) < 4.78 is 19.7. The lowest BCUT2D eigenvalue weighted by Gasteiger charge is -2.32. The van der Waals surface area contributed by atoms with Gasteiger partial charge in [0.05, 0.1) is 18.3 Å². The maximum absolute atomic E-state index is 13.6. The Morgan fingerprint density at radius 1 is 1.61 bits per heavy atom. The number of hydrogen-bond acceptors (Lipinski definition) is 3. The highest BCUT2D eigenvalue weighted by Crippen LogP contribution is 2.18. The molecule has 6 heteroatoms. The van der Waals surface area contributed by atoms with Crippen LogP contribution < -0.4 is 5.73 Å². The molecule has 0 saturated carbocycles. The molecule has 0 radical (unpaired) electrons. The number of rotatable bonds is 2. The highest BCUT2D eigenvalue weighted by atomic mass is 79.9. The first kappa shape index (κ1) is 13.5. The van der Waals surface area contributed by atoms with Crippen LogP contribution in [0.15, 0.2) is 22.7 Å². The number of benzene rings is 1. The van der Waals surface area contributed by atoms with Crippen LogP contribution >= 0.6 is 15.9 Å². The molecule has 1 unspecified atom stereocenters. The van der Waals surface area contributed by atoms with Crippen molar-refractivity contribution in [3.8, 4) is 0 Å². The lowest BCUT2D eigenvalue weighted by molar-refractivity contribution is -0.0169. The van der Waals surface area contributed by atoms with Crippen LogP contribution in [0, 0.1) is 5.82 Å². The Kier molecular flexibility index (Phi) is 4.31. The maximum atomic E-state index is 13.6. The smallest absolute Gasteiger partial charge is 0.257 e. The van der Waals surface area contributed by atoms with Crippen molar-refractivity contribution in [2.75, 3.05) is 26.2 Å². The normalized spacial score (nSPS) is 19.9. The molecule has 1 atom stereocenters. The molecule has 1 aromatic carbocycles. The van der Waals surface area contributed by atoms with E-state index in [9.17, 15) is 9.18 Å². The fourth-order valence-electron chi connectivity index (χ4n) is 1.88. The van der Waals surface area contributed by atoms with E-state index in [1.165, 1.54) is 12.1 Å². The summed E-state index contributed by atoms with van der Waals surface area (Å²) in [6, 6.07) is 4.33. The minimum atomic E-state index is -0.515. The van der Waals surface area contributed by atoms with Gasteiger partial charge in [-0.25, -0.2) is 4.39 Å². The van der Waals surface area contributed by atoms with Gasteiger partial charge >= 0.3 is 0 Å². The van der Waals surface area contributed by atoms with Gasteiger partial charge < -0.3 is 15.4 Å². The Balaban J connectivity index is 2.17. The maximum Gasteiger partial charge on any atom is 0.257 e. The molecular formula is C12H14BrFN2O2. The molecule has 1 amide bonds. The summed E-state index contributed by atoms with van der Waals surface area (Å²) in [7, 11) is 0. The first-order valence-electron chi connectivity index (χ1n) is 5.68. The van der Waals surface area contributed by atoms with Gasteiger partial charge in [0.2, 0.25) is 0 Å². The summed E-state index contributed by atoms with van der Waals surface area (Å²) in [6.07, 6.45) is -0.169. The van der Waals surface area contributed by atoms with Crippen molar-refractivity contribution in [2.24, 2.45) is 5.73 Å². The molecule has 1 saturated heterocycles. The van der Waals surface area contributed by atoms with E-state index in [2.05, 4.69) is 15.9 Å². The van der Waals surface area contributed by atoms with Crippen LogP contribution in [0.5, 0.6) is 0 Å². The third-order valence-corrected chi connectivity index (χ3v) is 3.34. The van der Waals surface area contributed by atoms with Gasteiger partial charge in [0.25, 0.3) is 5.91 Å². The molecule has 0 spiro atoms. The van der Waals surface area contributed by atoms with Crippen molar-refractivity contribution >= 4 is 21.8 Å². The minimum Gasteiger partial charge on any atom is -0.373 e. The van der Waals surface area contributed by atoms with Gasteiger partial charge in [0.1, 0.15) is 5.82 Å². The van der Waals surface area contributed by atoms with Crippen molar-refractivity contribution in [3.63, 3.8) is 0 Å². The van der Waals surface area contributed by atoms with E-state index in [4.69, 9.17) is 10.5 Å². The van der Waals surface area contributed by atoms with E-state index in [-0.39, 0.29) is 17.6 Å². The van der Waals surface area contributed by atoms with Crippen molar-refractivity contribution in [1.29, 1.82) is 0 Å². The summed E-state index contributed by atoms with van der Waals surface area (Å²) in [6.45, 7) is 1.65. The Hall–Kier alpha value is -0.980. The summed E-state index contributed by atoms with van der Waals surface area (Å²) in [5.74, 6) is -0.838. The molecule has 0 aliphatic carbocycles. The van der Waals surface area contributed by atoms with Crippen LogP contribution in [0.3, 0.4) is 0 Å². The van der Waals surface area contributed by atoms with Crippen molar-refractivity contribution in [3.05, 3.63) is 34.1 Å². The molecule has 2 N–H and O–H groups in total. The van der Waals surface area contributed by atoms with Crippen LogP contribution in [0.2, 0.25) is 0 Å². The molecular weight excluding hydrogens is 303 g/mol. The fraction of sp³-hybridized carbons (Fsp3) is 0.417. The van der Waals surface area contributed by atoms with Crippen LogP contribution in [-0.2, 0) is 4.74 Å². The summed E-state index contributed by atoms with van der Waals surface area (Å²) >= 11 is 3.23. The molecule has 1 aliphatic heterocycles. The number of nitrogens with zero attached hydrogens (tertiary/aromatic N) is 1. The Morgan fingerprint density at radius 3 is 3.11 bits per heavy atom. The van der Waals surface area contributed by atoms with Crippen molar-refractivity contribution < 1.29 is 13.9 Å². The van der Waals surface area contributed by atoms with Gasteiger partial charge in [-0.15, -0.1) is 0 Å². The highest BCUT2D eigenvalue weighted by Gasteiger charge is 2.25. The summed E-state index contributed by atoms with van der Waals surface area (Å²) in [5.41, 5.74) is 5.59. The number of hydrogen-bond donors (Lipinski definition) is 1. The standard InChI is InChI=1S/C12H14BrFN2O2/c13-8-1-2-11(14)10(5-8)12(17)16-3-4-18-9(6-15)7-16/h1-2,5,9H,3-4,6-7,15H2. The van der Waals surface area contributed by atoms with E-state index >= 15 is 0 Å². The van der Waals surface area contributed by atoms with Gasteiger partial charge in [-0.1, -0.05) is 15.9 Å². The first-order chi connectivity index (χ1) is 8.61. The highest BCUT2D eigenvalue weighted by molar-refractivity contribution is 9.10. The van der Waals surface area contributed by atoms with E-state index in [1.54, 1.807) is 11.0 Å². The number of nitrogens with two attached hydrogens (primary N) is 1. The first-order valence-corrected chi connectivity index (χ1v) is 6.47. The molecule has 1 fully saturated rings. The second-order valence-corrected chi connectivity index (χ2v) is 5.02. The largest absolute Gasteiger partial charge is 0.373 e. The van der Waals surface area contributed by atoms with Crippen molar-refractivity contribution in [1.82, 2.24) is 4.90 Å². The van der Waals surface area contributed by atoms with Gasteiger partial charge in [-0.05, 0) is 18.2 Å². The van der Waals surface area contributed by atoms with Crippen LogP contribution in [0.4, 0.5) is 4.39 Å². The number of halogens is 2. The monoisotopic (exact) mass is 316 g/mol. The number of ether oxygens (including phenoxy) is 1. The quantitative estimate of drug-likeness (QED) is 0.897. The average molecular weight is 317 g/mol. The number of morpholine rings is 1. The van der Waals surface area contributed by atoms with E-state index in [0.717, 1.165) is 0 Å². The molecule has 18 heavy (non-hydrogen) atoms. The Bertz CT molecular complexity index is 456. The summed E-state index contributed by atoms with van der Waals surface area (Å²) in [4.78, 5) is 13.8. The molecule has 4 nitrogen and oxygen atoms in total. The predicted octanol–water partition coefficient (Wildman–Crippen LogP) is 1.39. The van der Waals surface area contributed by atoms with Gasteiger partial charge in [-0.3, -0.25) is 4.79 Å². The number of carbonyl (C=O) groups excluding carboxylic acids is 1. The van der Waals surface area contributed by atoms with Crippen molar-refractivity contribution in [2.45, 2.75) is 6.10 Å². The van der Waals surface area contributed by atoms with E-state index in [0.29, 0.717) is 30.7 Å². The molecule has 1 aliphatic rings. The van der Waals surface area contributed by atoms with Gasteiger partial charge in [0, 0.05) is 24.1 Å². The summed E-state index contributed by atoms with van der Waals surface area (Å²) in [5, 5.41) is 0.